The van der Waals surface area contributed by atoms with Crippen LogP contribution in [-0.4, -0.2) is 23.0 Å². The van der Waals surface area contributed by atoms with Gasteiger partial charge in [-0.15, -0.1) is 0 Å². The number of aromatic nitrogens is 2. The molecule has 0 unspecified atom stereocenters. The van der Waals surface area contributed by atoms with Gasteiger partial charge in [0.1, 0.15) is 23.1 Å². The van der Waals surface area contributed by atoms with E-state index in [1.807, 2.05) is 0 Å². The second-order valence-corrected chi connectivity index (χ2v) is 5.73. The van der Waals surface area contributed by atoms with Crippen LogP contribution in [0.1, 0.15) is 10.4 Å². The summed E-state index contributed by atoms with van der Waals surface area (Å²) in [7, 11) is 1.51. The van der Waals surface area contributed by atoms with Crippen molar-refractivity contribution in [3.63, 3.8) is 0 Å². The number of halogens is 3. The van der Waals surface area contributed by atoms with Crippen molar-refractivity contribution in [2.24, 2.45) is 0 Å². The Hall–Kier alpha value is -3.26. The molecule has 0 saturated heterocycles. The maximum absolute atomic E-state index is 13.6. The molecule has 0 radical (unpaired) electrons. The van der Waals surface area contributed by atoms with E-state index in [0.29, 0.717) is 16.5 Å². The summed E-state index contributed by atoms with van der Waals surface area (Å²) in [5.74, 6) is -1.75. The molecule has 6 nitrogen and oxygen atoms in total. The standard InChI is InChI=1S/C18H13ClF2N4O2/c1-27-15-6-5-11(7-12(15)19)24-18-22-8-10(9-23-18)17(26)25-16-13(20)3-2-4-14(16)21/h2-9H,1H3,(H,25,26)(H,22,23,24). The van der Waals surface area contributed by atoms with E-state index in [9.17, 15) is 13.6 Å². The van der Waals surface area contributed by atoms with Crippen LogP contribution in [0.2, 0.25) is 5.02 Å². The molecule has 138 valence electrons. The Labute approximate surface area is 158 Å². The van der Waals surface area contributed by atoms with Gasteiger partial charge in [0.15, 0.2) is 0 Å². The number of hydrogen-bond acceptors (Lipinski definition) is 5. The van der Waals surface area contributed by atoms with E-state index in [-0.39, 0.29) is 11.5 Å². The maximum Gasteiger partial charge on any atom is 0.258 e. The smallest absolute Gasteiger partial charge is 0.258 e. The third-order valence-electron chi connectivity index (χ3n) is 3.52. The van der Waals surface area contributed by atoms with Crippen LogP contribution in [0.5, 0.6) is 5.75 Å². The van der Waals surface area contributed by atoms with Crippen LogP contribution < -0.4 is 15.4 Å². The Morgan fingerprint density at radius 1 is 1.11 bits per heavy atom. The zero-order valence-electron chi connectivity index (χ0n) is 14.0. The second-order valence-electron chi connectivity index (χ2n) is 5.32. The van der Waals surface area contributed by atoms with Gasteiger partial charge in [-0.25, -0.2) is 18.7 Å². The fourth-order valence-electron chi connectivity index (χ4n) is 2.19. The fourth-order valence-corrected chi connectivity index (χ4v) is 2.44. The first-order chi connectivity index (χ1) is 13.0. The minimum absolute atomic E-state index is 0.0379. The van der Waals surface area contributed by atoms with Crippen molar-refractivity contribution in [1.82, 2.24) is 9.97 Å². The highest BCUT2D eigenvalue weighted by atomic mass is 35.5. The van der Waals surface area contributed by atoms with Gasteiger partial charge in [-0.3, -0.25) is 4.79 Å². The SMILES string of the molecule is COc1ccc(Nc2ncc(C(=O)Nc3c(F)cccc3F)cn2)cc1Cl. The number of amides is 1. The first kappa shape index (κ1) is 18.5. The third kappa shape index (κ3) is 4.29. The minimum atomic E-state index is -0.876. The van der Waals surface area contributed by atoms with Crippen molar-refractivity contribution >= 4 is 34.8 Å². The lowest BCUT2D eigenvalue weighted by Gasteiger charge is -2.09. The van der Waals surface area contributed by atoms with Gasteiger partial charge in [-0.1, -0.05) is 17.7 Å². The second kappa shape index (κ2) is 7.96. The van der Waals surface area contributed by atoms with Crippen LogP contribution in [0, 0.1) is 11.6 Å². The van der Waals surface area contributed by atoms with Crippen LogP contribution in [-0.2, 0) is 0 Å². The Balaban J connectivity index is 1.71. The van der Waals surface area contributed by atoms with E-state index >= 15 is 0 Å². The van der Waals surface area contributed by atoms with Gasteiger partial charge in [-0.2, -0.15) is 0 Å². The molecular formula is C18H13ClF2N4O2. The van der Waals surface area contributed by atoms with Gasteiger partial charge in [0.25, 0.3) is 5.91 Å². The normalized spacial score (nSPS) is 10.4. The minimum Gasteiger partial charge on any atom is -0.495 e. The maximum atomic E-state index is 13.6. The zero-order valence-corrected chi connectivity index (χ0v) is 14.7. The van der Waals surface area contributed by atoms with Crippen LogP contribution in [0.4, 0.5) is 26.1 Å². The van der Waals surface area contributed by atoms with Gasteiger partial charge >= 0.3 is 0 Å². The number of ether oxygens (including phenoxy) is 1. The molecule has 0 atom stereocenters. The highest BCUT2D eigenvalue weighted by Crippen LogP contribution is 2.28. The molecule has 1 heterocycles. The number of rotatable bonds is 5. The van der Waals surface area contributed by atoms with Crippen molar-refractivity contribution in [2.75, 3.05) is 17.7 Å². The molecule has 0 aliphatic rings. The molecule has 0 saturated carbocycles. The van der Waals surface area contributed by atoms with E-state index in [1.165, 1.54) is 25.6 Å². The molecular weight excluding hydrogens is 378 g/mol. The summed E-state index contributed by atoms with van der Waals surface area (Å²) in [6.07, 6.45) is 2.46. The topological polar surface area (TPSA) is 76.1 Å². The van der Waals surface area contributed by atoms with Crippen LogP contribution >= 0.6 is 11.6 Å². The molecule has 0 aliphatic carbocycles. The number of hydrogen-bond donors (Lipinski definition) is 2. The summed E-state index contributed by atoms with van der Waals surface area (Å²) in [5.41, 5.74) is 0.125. The first-order valence-corrected chi connectivity index (χ1v) is 8.03. The van der Waals surface area contributed by atoms with Crippen molar-refractivity contribution in [2.45, 2.75) is 0 Å². The lowest BCUT2D eigenvalue weighted by atomic mass is 10.2. The predicted octanol–water partition coefficient (Wildman–Crippen LogP) is 4.41. The molecule has 1 aromatic heterocycles. The summed E-state index contributed by atoms with van der Waals surface area (Å²) in [5, 5.41) is 5.49. The average molecular weight is 391 g/mol. The Morgan fingerprint density at radius 3 is 2.37 bits per heavy atom. The van der Waals surface area contributed by atoms with Gasteiger partial charge in [0.2, 0.25) is 5.95 Å². The Bertz CT molecular complexity index is 963. The van der Waals surface area contributed by atoms with Crippen molar-refractivity contribution in [1.29, 1.82) is 0 Å². The van der Waals surface area contributed by atoms with E-state index in [4.69, 9.17) is 16.3 Å². The molecule has 0 spiro atoms. The van der Waals surface area contributed by atoms with Crippen LogP contribution in [0.25, 0.3) is 0 Å². The number of nitrogens with zero attached hydrogens (tertiary/aromatic N) is 2. The molecule has 0 fully saturated rings. The quantitative estimate of drug-likeness (QED) is 0.674. The lowest BCUT2D eigenvalue weighted by molar-refractivity contribution is 0.102. The molecule has 1 amide bonds. The molecule has 3 rings (SSSR count). The van der Waals surface area contributed by atoms with Crippen LogP contribution in [0.3, 0.4) is 0 Å². The van der Waals surface area contributed by atoms with Gasteiger partial charge in [0, 0.05) is 18.1 Å². The first-order valence-electron chi connectivity index (χ1n) is 7.66. The number of anilines is 3. The zero-order chi connectivity index (χ0) is 19.4. The number of carbonyl (C=O) groups excluding carboxylic acids is 1. The summed E-state index contributed by atoms with van der Waals surface area (Å²) in [6, 6.07) is 8.32. The Kier molecular flexibility index (Phi) is 5.46. The summed E-state index contributed by atoms with van der Waals surface area (Å²) in [6.45, 7) is 0. The molecule has 0 bridgehead atoms. The van der Waals surface area contributed by atoms with E-state index in [0.717, 1.165) is 12.1 Å². The Morgan fingerprint density at radius 2 is 1.78 bits per heavy atom. The highest BCUT2D eigenvalue weighted by Gasteiger charge is 2.14. The average Bonchev–Trinajstić information content (AvgIpc) is 2.65. The van der Waals surface area contributed by atoms with E-state index < -0.39 is 23.2 Å². The molecule has 2 aromatic carbocycles. The largest absolute Gasteiger partial charge is 0.495 e. The molecule has 9 heteroatoms. The summed E-state index contributed by atoms with van der Waals surface area (Å²) in [4.78, 5) is 20.1. The summed E-state index contributed by atoms with van der Waals surface area (Å²) < 4.78 is 32.3. The van der Waals surface area contributed by atoms with Gasteiger partial charge in [-0.05, 0) is 30.3 Å². The van der Waals surface area contributed by atoms with E-state index in [1.54, 1.807) is 18.2 Å². The number of benzene rings is 2. The molecule has 2 N–H and O–H groups in total. The number of nitrogens with one attached hydrogen (secondary N) is 2. The molecule has 3 aromatic rings. The fraction of sp³-hybridized carbons (Fsp3) is 0.0556. The highest BCUT2D eigenvalue weighted by molar-refractivity contribution is 6.32. The number of para-hydroxylation sites is 1. The van der Waals surface area contributed by atoms with E-state index in [2.05, 4.69) is 20.6 Å². The summed E-state index contributed by atoms with van der Waals surface area (Å²) >= 11 is 6.05. The molecule has 27 heavy (non-hydrogen) atoms. The van der Waals surface area contributed by atoms with Crippen molar-refractivity contribution < 1.29 is 18.3 Å². The van der Waals surface area contributed by atoms with Gasteiger partial charge < -0.3 is 15.4 Å². The van der Waals surface area contributed by atoms with Crippen LogP contribution in [0.15, 0.2) is 48.8 Å². The lowest BCUT2D eigenvalue weighted by Crippen LogP contribution is -2.15. The van der Waals surface area contributed by atoms with Crippen molar-refractivity contribution in [3.05, 3.63) is 71.0 Å². The van der Waals surface area contributed by atoms with Gasteiger partial charge in [0.05, 0.1) is 17.7 Å². The number of carbonyl (C=O) groups is 1. The molecule has 0 aliphatic heterocycles. The predicted molar refractivity (Wildman–Crippen MR) is 97.6 cm³/mol. The third-order valence-corrected chi connectivity index (χ3v) is 3.82. The van der Waals surface area contributed by atoms with Crippen molar-refractivity contribution in [3.8, 4) is 5.75 Å². The number of methoxy groups -OCH3 is 1. The monoisotopic (exact) mass is 390 g/mol.